The van der Waals surface area contributed by atoms with Gasteiger partial charge in [0.05, 0.1) is 13.3 Å². The number of carbonyl (C=O) groups is 1. The number of amides is 1. The Balaban J connectivity index is 2.37. The van der Waals surface area contributed by atoms with Crippen LogP contribution in [0.25, 0.3) is 0 Å². The highest BCUT2D eigenvalue weighted by molar-refractivity contribution is 9.10. The van der Waals surface area contributed by atoms with Crippen LogP contribution >= 0.6 is 31.9 Å². The lowest BCUT2D eigenvalue weighted by Crippen LogP contribution is -2.38. The van der Waals surface area contributed by atoms with E-state index < -0.39 is 6.02 Å². The molecule has 56 valence electrons. The van der Waals surface area contributed by atoms with Crippen molar-refractivity contribution in [3.05, 3.63) is 0 Å². The van der Waals surface area contributed by atoms with Crippen LogP contribution in [-0.4, -0.2) is 21.6 Å². The zero-order chi connectivity index (χ0) is 8.22. The first-order valence-corrected chi connectivity index (χ1v) is 4.99. The zero-order valence-electron chi connectivity index (χ0n) is 6.10. The molecule has 1 aliphatic heterocycles. The van der Waals surface area contributed by atoms with Gasteiger partial charge >= 0.3 is 0 Å². The molecule has 0 aromatic rings. The number of hydrogen-bond acceptors (Lipinski definition) is 1. The summed E-state index contributed by atoms with van der Waals surface area (Å²) in [5.74, 6) is -0.00514. The molecule has 2 rings (SSSR count). The maximum Gasteiger partial charge on any atom is 0.224 e. The van der Waals surface area contributed by atoms with Crippen molar-refractivity contribution in [3.63, 3.8) is 0 Å². The highest BCUT2D eigenvalue weighted by atomic mass is 79.9. The highest BCUT2D eigenvalue weighted by Crippen LogP contribution is 2.40. The van der Waals surface area contributed by atoms with E-state index in [1.54, 1.807) is 0 Å². The summed E-state index contributed by atoms with van der Waals surface area (Å²) in [5, 5.41) is 2.66. The van der Waals surface area contributed by atoms with Gasteiger partial charge in [0.1, 0.15) is 0 Å². The number of carbonyl (C=O) groups excluding carboxylic acids is 1. The molecule has 2 aliphatic rings. The van der Waals surface area contributed by atoms with Crippen molar-refractivity contribution in [1.82, 2.24) is 5.32 Å². The molecule has 4 heteroatoms. The summed E-state index contributed by atoms with van der Waals surface area (Å²) < 4.78 is 7.89. The predicted molar refractivity (Wildman–Crippen MR) is 45.5 cm³/mol. The van der Waals surface area contributed by atoms with Crippen molar-refractivity contribution < 1.29 is 6.17 Å². The number of rotatable bonds is 0. The Kier molecular flexibility index (Phi) is 1.32. The average Bonchev–Trinajstić information content (AvgIpc) is 2.23. The third-order valence-electron chi connectivity index (χ3n) is 2.05. The number of fused-ring (bicyclic) bond motifs is 2. The fraction of sp³-hybridized carbons (Fsp3) is 0.833. The zero-order valence-corrected chi connectivity index (χ0v) is 8.28. The molecule has 0 spiro atoms. The van der Waals surface area contributed by atoms with Crippen LogP contribution in [-0.2, 0) is 4.79 Å². The molecule has 2 fully saturated rings. The standard InChI is InChI=1S/C6H7Br2NO/c7-3-1-2-4(8)5(3)9-6(2)10/h2-5H,1H2,(H,9,10)/t2-,3-,4-,5+/m0/s1/i5D. The molecule has 1 saturated carbocycles. The van der Waals surface area contributed by atoms with Gasteiger partial charge in [0.25, 0.3) is 0 Å². The largest absolute Gasteiger partial charge is 0.351 e. The summed E-state index contributed by atoms with van der Waals surface area (Å²) in [5.41, 5.74) is 0. The van der Waals surface area contributed by atoms with Gasteiger partial charge in [-0.15, -0.1) is 0 Å². The second kappa shape index (κ2) is 2.21. The Morgan fingerprint density at radius 1 is 1.70 bits per heavy atom. The van der Waals surface area contributed by atoms with Crippen LogP contribution in [0.5, 0.6) is 0 Å². The predicted octanol–water partition coefficient (Wildman–Crippen LogP) is 1.03. The first-order valence-electron chi connectivity index (χ1n) is 3.66. The Hall–Kier alpha value is 0.430. The molecule has 1 aliphatic carbocycles. The minimum absolute atomic E-state index is 0.0116. The first-order chi connectivity index (χ1) is 5.05. The third-order valence-corrected chi connectivity index (χ3v) is 4.05. The van der Waals surface area contributed by atoms with Gasteiger partial charge < -0.3 is 5.32 Å². The van der Waals surface area contributed by atoms with E-state index in [4.69, 9.17) is 1.37 Å². The molecule has 2 nitrogen and oxygen atoms in total. The first kappa shape index (κ1) is 6.00. The van der Waals surface area contributed by atoms with Gasteiger partial charge in [-0.3, -0.25) is 4.79 Å². The monoisotopic (exact) mass is 268 g/mol. The summed E-state index contributed by atoms with van der Waals surface area (Å²) in [4.78, 5) is 11.2. The summed E-state index contributed by atoms with van der Waals surface area (Å²) in [7, 11) is 0. The second-order valence-electron chi connectivity index (χ2n) is 2.66. The Morgan fingerprint density at radius 2 is 2.40 bits per heavy atom. The molecule has 0 aromatic heterocycles. The van der Waals surface area contributed by atoms with E-state index >= 15 is 0 Å². The fourth-order valence-electron chi connectivity index (χ4n) is 1.48. The molecule has 1 heterocycles. The van der Waals surface area contributed by atoms with E-state index in [1.807, 2.05) is 0 Å². The van der Waals surface area contributed by atoms with Crippen molar-refractivity contribution in [3.8, 4) is 0 Å². The highest BCUT2D eigenvalue weighted by Gasteiger charge is 2.50. The smallest absolute Gasteiger partial charge is 0.224 e. The van der Waals surface area contributed by atoms with E-state index in [9.17, 15) is 4.79 Å². The summed E-state index contributed by atoms with van der Waals surface area (Å²) >= 11 is 6.75. The average molecular weight is 270 g/mol. The maximum atomic E-state index is 11.1. The quantitative estimate of drug-likeness (QED) is 0.654. The molecular weight excluding hydrogens is 262 g/mol. The Bertz CT molecular complexity index is 225. The molecule has 1 saturated heterocycles. The topological polar surface area (TPSA) is 29.1 Å². The molecular formula is C6H7Br2NO. The van der Waals surface area contributed by atoms with Crippen molar-refractivity contribution in [1.29, 1.82) is 0 Å². The molecule has 1 amide bonds. The van der Waals surface area contributed by atoms with Gasteiger partial charge in [-0.2, -0.15) is 0 Å². The van der Waals surface area contributed by atoms with E-state index in [1.165, 1.54) is 0 Å². The molecule has 0 unspecified atom stereocenters. The van der Waals surface area contributed by atoms with Gasteiger partial charge in [-0.1, -0.05) is 31.9 Å². The van der Waals surface area contributed by atoms with E-state index in [0.29, 0.717) is 0 Å². The van der Waals surface area contributed by atoms with E-state index in [-0.39, 0.29) is 21.5 Å². The number of halogens is 2. The summed E-state index contributed by atoms with van der Waals surface area (Å²) in [6.07, 6.45) is 0.769. The molecule has 4 atom stereocenters. The lowest BCUT2D eigenvalue weighted by atomic mass is 10.1. The Labute approximate surface area is 77.4 Å². The SMILES string of the molecule is [2H][C@@]12NC(=O)[C@@H](C[C@@H]1Br)[C@@H]2Br. The molecule has 2 bridgehead atoms. The van der Waals surface area contributed by atoms with Crippen molar-refractivity contribution >= 4 is 37.8 Å². The van der Waals surface area contributed by atoms with Crippen LogP contribution in [0.2, 0.25) is 0 Å². The van der Waals surface area contributed by atoms with Gasteiger partial charge in [-0.25, -0.2) is 0 Å². The number of alkyl halides is 2. The van der Waals surface area contributed by atoms with Crippen LogP contribution in [0.1, 0.15) is 7.79 Å². The van der Waals surface area contributed by atoms with E-state index in [2.05, 4.69) is 37.2 Å². The number of nitrogens with one attached hydrogen (secondary N) is 1. The van der Waals surface area contributed by atoms with Gasteiger partial charge in [-0.05, 0) is 6.42 Å². The van der Waals surface area contributed by atoms with E-state index in [0.717, 1.165) is 6.42 Å². The van der Waals surface area contributed by atoms with Gasteiger partial charge in [0.2, 0.25) is 5.91 Å². The number of hydrogen-bond donors (Lipinski definition) is 1. The van der Waals surface area contributed by atoms with Crippen LogP contribution in [0.3, 0.4) is 0 Å². The summed E-state index contributed by atoms with van der Waals surface area (Å²) in [6.45, 7) is 0. The molecule has 0 radical (unpaired) electrons. The number of piperidine rings is 1. The maximum absolute atomic E-state index is 11.1. The van der Waals surface area contributed by atoms with Crippen molar-refractivity contribution in [2.24, 2.45) is 5.92 Å². The van der Waals surface area contributed by atoms with Crippen molar-refractivity contribution in [2.45, 2.75) is 22.1 Å². The molecule has 1 N–H and O–H groups in total. The van der Waals surface area contributed by atoms with Crippen LogP contribution in [0, 0.1) is 5.92 Å². The fourth-order valence-corrected chi connectivity index (χ4v) is 3.53. The lowest BCUT2D eigenvalue weighted by Gasteiger charge is -2.15. The molecule has 0 aromatic carbocycles. The third kappa shape index (κ3) is 0.780. The van der Waals surface area contributed by atoms with Crippen LogP contribution < -0.4 is 5.32 Å². The van der Waals surface area contributed by atoms with Crippen LogP contribution in [0.15, 0.2) is 0 Å². The normalized spacial score (nSPS) is 60.4. The van der Waals surface area contributed by atoms with Gasteiger partial charge in [0.15, 0.2) is 0 Å². The summed E-state index contributed by atoms with van der Waals surface area (Å²) in [6, 6.07) is -0.818. The van der Waals surface area contributed by atoms with Gasteiger partial charge in [0, 0.05) is 9.65 Å². The Morgan fingerprint density at radius 3 is 2.70 bits per heavy atom. The second-order valence-corrected chi connectivity index (χ2v) is 4.75. The minimum atomic E-state index is -0.818. The van der Waals surface area contributed by atoms with Crippen LogP contribution in [0.4, 0.5) is 0 Å². The molecule has 10 heavy (non-hydrogen) atoms. The lowest BCUT2D eigenvalue weighted by molar-refractivity contribution is -0.123. The minimum Gasteiger partial charge on any atom is -0.351 e. The van der Waals surface area contributed by atoms with Crippen molar-refractivity contribution in [2.75, 3.05) is 0 Å².